The highest BCUT2D eigenvalue weighted by atomic mass is 79.9. The lowest BCUT2D eigenvalue weighted by Crippen LogP contribution is -2.47. The number of aromatic nitrogens is 1. The Labute approximate surface area is 155 Å². The van der Waals surface area contributed by atoms with Gasteiger partial charge < -0.3 is 14.7 Å². The fourth-order valence-electron chi connectivity index (χ4n) is 3.96. The van der Waals surface area contributed by atoms with Crippen LogP contribution in [0.25, 0.3) is 0 Å². The van der Waals surface area contributed by atoms with Crippen molar-refractivity contribution >= 4 is 33.4 Å². The number of carbonyl (C=O) groups excluding carboxylic acids is 1. The number of amides is 1. The first-order chi connectivity index (χ1) is 11.1. The van der Waals surface area contributed by atoms with Crippen LogP contribution < -0.4 is 0 Å². The van der Waals surface area contributed by atoms with Crippen LogP contribution >= 0.6 is 27.3 Å². The Morgan fingerprint density at radius 2 is 2.17 bits per heavy atom. The zero-order valence-corrected chi connectivity index (χ0v) is 16.9. The molecule has 2 unspecified atom stereocenters. The molecular weight excluding hydrogens is 392 g/mol. The van der Waals surface area contributed by atoms with Crippen LogP contribution in [0, 0.1) is 5.41 Å². The number of hydrogen-bond donors (Lipinski definition) is 1. The molecule has 7 heteroatoms. The van der Waals surface area contributed by atoms with Gasteiger partial charge in [-0.05, 0) is 74.2 Å². The normalized spacial score (nSPS) is 30.8. The van der Waals surface area contributed by atoms with Gasteiger partial charge in [-0.1, -0.05) is 0 Å². The second-order valence-corrected chi connectivity index (χ2v) is 9.86. The lowest BCUT2D eigenvalue weighted by Gasteiger charge is -2.41. The number of rotatable bonds is 1. The molecule has 134 valence electrons. The van der Waals surface area contributed by atoms with Gasteiger partial charge in [-0.3, -0.25) is 0 Å². The maximum Gasteiger partial charge on any atom is 0.410 e. The van der Waals surface area contributed by atoms with Crippen molar-refractivity contribution in [2.24, 2.45) is 5.41 Å². The minimum absolute atomic E-state index is 0.0257. The molecule has 5 nitrogen and oxygen atoms in total. The van der Waals surface area contributed by atoms with Crippen molar-refractivity contribution in [3.63, 3.8) is 0 Å². The summed E-state index contributed by atoms with van der Waals surface area (Å²) < 4.78 is 6.30. The summed E-state index contributed by atoms with van der Waals surface area (Å²) in [6.07, 6.45) is 4.04. The summed E-state index contributed by atoms with van der Waals surface area (Å²) in [5.41, 5.74) is -1.37. The molecule has 2 atom stereocenters. The summed E-state index contributed by atoms with van der Waals surface area (Å²) in [7, 11) is 0. The predicted molar refractivity (Wildman–Crippen MR) is 97.0 cm³/mol. The van der Waals surface area contributed by atoms with E-state index >= 15 is 0 Å². The average Bonchev–Trinajstić information content (AvgIpc) is 3.03. The molecule has 2 aliphatic rings. The number of likely N-dealkylation sites (tertiary alicyclic amines) is 1. The predicted octanol–water partition coefficient (Wildman–Crippen LogP) is 4.29. The summed E-state index contributed by atoms with van der Waals surface area (Å²) >= 11 is 4.86. The summed E-state index contributed by atoms with van der Waals surface area (Å²) in [4.78, 5) is 18.7. The average molecular weight is 417 g/mol. The third kappa shape index (κ3) is 3.78. The van der Waals surface area contributed by atoms with Gasteiger partial charge >= 0.3 is 6.09 Å². The second-order valence-electron chi connectivity index (χ2n) is 8.19. The highest BCUT2D eigenvalue weighted by Crippen LogP contribution is 2.54. The van der Waals surface area contributed by atoms with Crippen LogP contribution in [0.4, 0.5) is 4.79 Å². The summed E-state index contributed by atoms with van der Waals surface area (Å²) in [5.74, 6) is 0. The van der Waals surface area contributed by atoms with Gasteiger partial charge in [0.25, 0.3) is 0 Å². The molecule has 1 aliphatic carbocycles. The van der Waals surface area contributed by atoms with Crippen molar-refractivity contribution in [1.82, 2.24) is 9.88 Å². The number of thiazole rings is 1. The number of halogens is 1. The molecule has 2 fully saturated rings. The van der Waals surface area contributed by atoms with Gasteiger partial charge in [0.05, 0.1) is 0 Å². The van der Waals surface area contributed by atoms with Gasteiger partial charge in [-0.15, -0.1) is 11.3 Å². The van der Waals surface area contributed by atoms with Crippen LogP contribution in [0.15, 0.2) is 9.98 Å². The quantitative estimate of drug-likeness (QED) is 0.741. The summed E-state index contributed by atoms with van der Waals surface area (Å²) in [6, 6.07) is 0. The molecule has 1 N–H and O–H groups in total. The molecule has 24 heavy (non-hydrogen) atoms. The number of hydrogen-bond acceptors (Lipinski definition) is 5. The second kappa shape index (κ2) is 6.25. The van der Waals surface area contributed by atoms with E-state index < -0.39 is 11.2 Å². The Kier molecular flexibility index (Phi) is 4.73. The molecule has 1 aromatic rings. The van der Waals surface area contributed by atoms with E-state index in [0.29, 0.717) is 19.4 Å². The summed E-state index contributed by atoms with van der Waals surface area (Å²) in [6.45, 7) is 7.06. The molecular formula is C17H25BrN2O3S. The molecule has 1 aliphatic heterocycles. The maximum absolute atomic E-state index is 12.4. The zero-order chi connectivity index (χ0) is 17.6. The van der Waals surface area contributed by atoms with Crippen molar-refractivity contribution in [3.05, 3.63) is 15.0 Å². The van der Waals surface area contributed by atoms with E-state index in [0.717, 1.165) is 35.4 Å². The van der Waals surface area contributed by atoms with E-state index in [2.05, 4.69) is 20.9 Å². The van der Waals surface area contributed by atoms with Crippen LogP contribution in [-0.4, -0.2) is 39.8 Å². The van der Waals surface area contributed by atoms with E-state index in [1.54, 1.807) is 0 Å². The third-order valence-electron chi connectivity index (χ3n) is 4.92. The SMILES string of the molecule is CC(C)(C)OC(=O)N1CCCC2(CCC(O)(c3nc(Br)cs3)C2)C1. The minimum Gasteiger partial charge on any atom is -0.444 e. The monoisotopic (exact) mass is 416 g/mol. The molecule has 1 spiro atoms. The molecule has 0 radical (unpaired) electrons. The van der Waals surface area contributed by atoms with Crippen LogP contribution in [0.5, 0.6) is 0 Å². The fourth-order valence-corrected chi connectivity index (χ4v) is 5.34. The van der Waals surface area contributed by atoms with Crippen molar-refractivity contribution < 1.29 is 14.6 Å². The zero-order valence-electron chi connectivity index (χ0n) is 14.5. The van der Waals surface area contributed by atoms with Crippen molar-refractivity contribution in [1.29, 1.82) is 0 Å². The van der Waals surface area contributed by atoms with E-state index in [1.165, 1.54) is 11.3 Å². The van der Waals surface area contributed by atoms with E-state index in [9.17, 15) is 9.90 Å². The first-order valence-corrected chi connectivity index (χ1v) is 10.1. The first-order valence-electron chi connectivity index (χ1n) is 8.43. The Balaban J connectivity index is 1.71. The number of nitrogens with zero attached hydrogens (tertiary/aromatic N) is 2. The van der Waals surface area contributed by atoms with Crippen LogP contribution in [-0.2, 0) is 10.3 Å². The van der Waals surface area contributed by atoms with E-state index in [4.69, 9.17) is 4.74 Å². The van der Waals surface area contributed by atoms with Gasteiger partial charge in [0.2, 0.25) is 0 Å². The number of piperidine rings is 1. The standard InChI is InChI=1S/C17H25BrN2O3S/c1-15(2,3)23-14(21)20-8-4-5-16(11-20)6-7-17(22,10-16)13-19-12(18)9-24-13/h9,22H,4-8,10-11H2,1-3H3. The smallest absolute Gasteiger partial charge is 0.410 e. The molecule has 1 saturated heterocycles. The summed E-state index contributed by atoms with van der Waals surface area (Å²) in [5, 5.41) is 13.8. The largest absolute Gasteiger partial charge is 0.444 e. The topological polar surface area (TPSA) is 62.7 Å². The van der Waals surface area contributed by atoms with Crippen LogP contribution in [0.2, 0.25) is 0 Å². The highest BCUT2D eigenvalue weighted by Gasteiger charge is 2.51. The van der Waals surface area contributed by atoms with Gasteiger partial charge in [0, 0.05) is 18.5 Å². The number of aliphatic hydroxyl groups is 1. The number of ether oxygens (including phenoxy) is 1. The molecule has 1 aromatic heterocycles. The van der Waals surface area contributed by atoms with Gasteiger partial charge in [-0.2, -0.15) is 0 Å². The molecule has 2 heterocycles. The molecule has 1 amide bonds. The van der Waals surface area contributed by atoms with Gasteiger partial charge in [0.1, 0.15) is 20.8 Å². The van der Waals surface area contributed by atoms with Crippen LogP contribution in [0.1, 0.15) is 57.9 Å². The van der Waals surface area contributed by atoms with Crippen LogP contribution in [0.3, 0.4) is 0 Å². The maximum atomic E-state index is 12.4. The van der Waals surface area contributed by atoms with Crippen molar-refractivity contribution in [2.45, 2.75) is 64.1 Å². The van der Waals surface area contributed by atoms with E-state index in [1.807, 2.05) is 31.1 Å². The Hall–Kier alpha value is -0.660. The molecule has 3 rings (SSSR count). The molecule has 1 saturated carbocycles. The lowest BCUT2D eigenvalue weighted by atomic mass is 9.77. The Morgan fingerprint density at radius 3 is 2.79 bits per heavy atom. The third-order valence-corrected chi connectivity index (χ3v) is 6.67. The fraction of sp³-hybridized carbons (Fsp3) is 0.765. The van der Waals surface area contributed by atoms with E-state index in [-0.39, 0.29) is 11.5 Å². The molecule has 0 bridgehead atoms. The number of carbonyl (C=O) groups is 1. The lowest BCUT2D eigenvalue weighted by molar-refractivity contribution is -0.00910. The van der Waals surface area contributed by atoms with Crippen molar-refractivity contribution in [3.8, 4) is 0 Å². The van der Waals surface area contributed by atoms with Gasteiger partial charge in [0.15, 0.2) is 0 Å². The Morgan fingerprint density at radius 1 is 1.42 bits per heavy atom. The van der Waals surface area contributed by atoms with Crippen molar-refractivity contribution in [2.75, 3.05) is 13.1 Å². The van der Waals surface area contributed by atoms with Gasteiger partial charge in [-0.25, -0.2) is 9.78 Å². The highest BCUT2D eigenvalue weighted by molar-refractivity contribution is 9.10. The Bertz CT molecular complexity index is 630. The minimum atomic E-state index is -0.867. The first kappa shape index (κ1) is 18.1. The molecule has 0 aromatic carbocycles.